The van der Waals surface area contributed by atoms with E-state index in [4.69, 9.17) is 5.73 Å². The maximum absolute atomic E-state index is 12.1. The average molecular weight is 368 g/mol. The van der Waals surface area contributed by atoms with Crippen LogP contribution in [0.2, 0.25) is 0 Å². The molecule has 24 heavy (non-hydrogen) atoms. The molecule has 4 N–H and O–H groups in total. The molecular formula is C17H22ClN3O2S. The Hall–Kier alpha value is -1.89. The van der Waals surface area contributed by atoms with Crippen molar-refractivity contribution in [3.8, 4) is 0 Å². The van der Waals surface area contributed by atoms with Gasteiger partial charge in [0, 0.05) is 11.4 Å². The number of nitrogens with two attached hydrogens (primary N) is 1. The largest absolute Gasteiger partial charge is 0.325 e. The van der Waals surface area contributed by atoms with E-state index in [9.17, 15) is 9.59 Å². The minimum absolute atomic E-state index is 0. The Morgan fingerprint density at radius 1 is 1.12 bits per heavy atom. The molecule has 5 nitrogen and oxygen atoms in total. The van der Waals surface area contributed by atoms with Gasteiger partial charge in [-0.1, -0.05) is 19.4 Å². The van der Waals surface area contributed by atoms with Crippen molar-refractivity contribution in [3.05, 3.63) is 46.7 Å². The van der Waals surface area contributed by atoms with Gasteiger partial charge >= 0.3 is 0 Å². The number of hydrogen-bond donors (Lipinski definition) is 3. The molecule has 0 saturated heterocycles. The summed E-state index contributed by atoms with van der Waals surface area (Å²) < 4.78 is 0. The number of carbonyl (C=O) groups excluding carboxylic acids is 2. The second-order valence-electron chi connectivity index (χ2n) is 5.63. The smallest absolute Gasteiger partial charge is 0.265 e. The van der Waals surface area contributed by atoms with E-state index in [1.165, 1.54) is 11.3 Å². The van der Waals surface area contributed by atoms with Crippen molar-refractivity contribution in [2.45, 2.75) is 32.2 Å². The zero-order valence-corrected chi connectivity index (χ0v) is 15.3. The van der Waals surface area contributed by atoms with Crippen LogP contribution in [-0.2, 0) is 4.79 Å². The summed E-state index contributed by atoms with van der Waals surface area (Å²) in [6.07, 6.45) is 1.46. The van der Waals surface area contributed by atoms with Gasteiger partial charge in [0.15, 0.2) is 0 Å². The van der Waals surface area contributed by atoms with Gasteiger partial charge in [0.25, 0.3) is 5.91 Å². The van der Waals surface area contributed by atoms with E-state index in [0.717, 1.165) is 6.42 Å². The van der Waals surface area contributed by atoms with Crippen molar-refractivity contribution in [1.29, 1.82) is 0 Å². The molecule has 0 aliphatic heterocycles. The van der Waals surface area contributed by atoms with Crippen molar-refractivity contribution in [3.63, 3.8) is 0 Å². The molecule has 1 unspecified atom stereocenters. The van der Waals surface area contributed by atoms with Crippen molar-refractivity contribution in [2.24, 2.45) is 5.73 Å². The van der Waals surface area contributed by atoms with Crippen LogP contribution in [0.15, 0.2) is 41.8 Å². The van der Waals surface area contributed by atoms with E-state index in [1.807, 2.05) is 18.4 Å². The van der Waals surface area contributed by atoms with Gasteiger partial charge in [-0.25, -0.2) is 0 Å². The molecule has 0 spiro atoms. The predicted molar refractivity (Wildman–Crippen MR) is 102 cm³/mol. The first-order chi connectivity index (χ1) is 10.9. The number of benzene rings is 1. The molecule has 2 aromatic rings. The van der Waals surface area contributed by atoms with Gasteiger partial charge in [-0.15, -0.1) is 23.7 Å². The third-order valence-electron chi connectivity index (χ3n) is 3.43. The second kappa shape index (κ2) is 8.82. The SMILES string of the molecule is CCCC(C)(N)C(=O)Nc1ccc(NC(=O)c2cccs2)cc1.Cl. The first-order valence-electron chi connectivity index (χ1n) is 7.47. The van der Waals surface area contributed by atoms with Gasteiger partial charge in [-0.3, -0.25) is 9.59 Å². The van der Waals surface area contributed by atoms with E-state index in [0.29, 0.717) is 22.7 Å². The van der Waals surface area contributed by atoms with Gasteiger partial charge in [-0.05, 0) is 49.1 Å². The molecule has 0 saturated carbocycles. The highest BCUT2D eigenvalue weighted by Gasteiger charge is 2.27. The quantitative estimate of drug-likeness (QED) is 0.724. The molecule has 0 fully saturated rings. The van der Waals surface area contributed by atoms with E-state index in [1.54, 1.807) is 37.3 Å². The molecule has 1 heterocycles. The lowest BCUT2D eigenvalue weighted by molar-refractivity contribution is -0.120. The van der Waals surface area contributed by atoms with Crippen LogP contribution in [0.3, 0.4) is 0 Å². The van der Waals surface area contributed by atoms with Crippen LogP contribution in [0, 0.1) is 0 Å². The van der Waals surface area contributed by atoms with Gasteiger partial charge < -0.3 is 16.4 Å². The van der Waals surface area contributed by atoms with E-state index in [2.05, 4.69) is 10.6 Å². The number of nitrogens with one attached hydrogen (secondary N) is 2. The number of halogens is 1. The molecule has 2 amide bonds. The zero-order valence-electron chi connectivity index (χ0n) is 13.7. The highest BCUT2D eigenvalue weighted by Crippen LogP contribution is 2.18. The molecule has 0 aliphatic carbocycles. The van der Waals surface area contributed by atoms with Crippen LogP contribution in [0.4, 0.5) is 11.4 Å². The average Bonchev–Trinajstić information content (AvgIpc) is 3.03. The zero-order chi connectivity index (χ0) is 16.9. The van der Waals surface area contributed by atoms with Crippen LogP contribution in [-0.4, -0.2) is 17.4 Å². The van der Waals surface area contributed by atoms with Gasteiger partial charge in [0.2, 0.25) is 5.91 Å². The number of rotatable bonds is 6. The monoisotopic (exact) mass is 367 g/mol. The number of carbonyl (C=O) groups is 2. The maximum atomic E-state index is 12.1. The summed E-state index contributed by atoms with van der Waals surface area (Å²) in [6.45, 7) is 3.71. The summed E-state index contributed by atoms with van der Waals surface area (Å²) in [7, 11) is 0. The lowest BCUT2D eigenvalue weighted by Crippen LogP contribution is -2.48. The fourth-order valence-electron chi connectivity index (χ4n) is 2.14. The van der Waals surface area contributed by atoms with Crippen molar-refractivity contribution >= 4 is 46.9 Å². The minimum atomic E-state index is -0.888. The molecule has 1 aromatic heterocycles. The number of anilines is 2. The number of hydrogen-bond acceptors (Lipinski definition) is 4. The Morgan fingerprint density at radius 2 is 1.71 bits per heavy atom. The first kappa shape index (κ1) is 20.2. The van der Waals surface area contributed by atoms with Gasteiger partial charge in [-0.2, -0.15) is 0 Å². The van der Waals surface area contributed by atoms with Crippen LogP contribution < -0.4 is 16.4 Å². The third-order valence-corrected chi connectivity index (χ3v) is 4.30. The second-order valence-corrected chi connectivity index (χ2v) is 6.58. The molecule has 0 bridgehead atoms. The predicted octanol–water partition coefficient (Wildman–Crippen LogP) is 3.88. The minimum Gasteiger partial charge on any atom is -0.325 e. The number of thiophene rings is 1. The van der Waals surface area contributed by atoms with E-state index in [-0.39, 0.29) is 24.2 Å². The maximum Gasteiger partial charge on any atom is 0.265 e. The summed E-state index contributed by atoms with van der Waals surface area (Å²) in [5, 5.41) is 7.46. The Kier molecular flexibility index (Phi) is 7.41. The lowest BCUT2D eigenvalue weighted by Gasteiger charge is -2.22. The van der Waals surface area contributed by atoms with Crippen LogP contribution in [0.5, 0.6) is 0 Å². The molecule has 7 heteroatoms. The van der Waals surface area contributed by atoms with Crippen LogP contribution in [0.1, 0.15) is 36.4 Å². The fourth-order valence-corrected chi connectivity index (χ4v) is 2.76. The van der Waals surface area contributed by atoms with E-state index < -0.39 is 5.54 Å². The molecule has 1 aromatic carbocycles. The topological polar surface area (TPSA) is 84.2 Å². The van der Waals surface area contributed by atoms with Gasteiger partial charge in [0.1, 0.15) is 0 Å². The molecule has 1 atom stereocenters. The normalized spacial score (nSPS) is 12.6. The molecular weight excluding hydrogens is 346 g/mol. The Morgan fingerprint density at radius 3 is 2.21 bits per heavy atom. The standard InChI is InChI=1S/C17H21N3O2S.ClH/c1-3-10-17(2,18)16(22)20-13-8-6-12(7-9-13)19-15(21)14-5-4-11-23-14;/h4-9,11H,3,10,18H2,1-2H3,(H,19,21)(H,20,22);1H. The van der Waals surface area contributed by atoms with E-state index >= 15 is 0 Å². The highest BCUT2D eigenvalue weighted by molar-refractivity contribution is 7.12. The lowest BCUT2D eigenvalue weighted by atomic mass is 9.96. The fraction of sp³-hybridized carbons (Fsp3) is 0.294. The Balaban J connectivity index is 0.00000288. The third kappa shape index (κ3) is 5.33. The number of amides is 2. The Labute approximate surface area is 152 Å². The molecule has 2 rings (SSSR count). The highest BCUT2D eigenvalue weighted by atomic mass is 35.5. The molecule has 0 radical (unpaired) electrons. The summed E-state index contributed by atoms with van der Waals surface area (Å²) in [5.41, 5.74) is 6.43. The summed E-state index contributed by atoms with van der Waals surface area (Å²) in [6, 6.07) is 10.6. The van der Waals surface area contributed by atoms with Crippen molar-refractivity contribution < 1.29 is 9.59 Å². The first-order valence-corrected chi connectivity index (χ1v) is 8.35. The molecule has 0 aliphatic rings. The van der Waals surface area contributed by atoms with Crippen LogP contribution in [0.25, 0.3) is 0 Å². The molecule has 130 valence electrons. The van der Waals surface area contributed by atoms with Crippen molar-refractivity contribution in [2.75, 3.05) is 10.6 Å². The van der Waals surface area contributed by atoms with Crippen LogP contribution >= 0.6 is 23.7 Å². The summed E-state index contributed by atoms with van der Waals surface area (Å²) in [4.78, 5) is 24.7. The summed E-state index contributed by atoms with van der Waals surface area (Å²) >= 11 is 1.39. The van der Waals surface area contributed by atoms with Gasteiger partial charge in [0.05, 0.1) is 10.4 Å². The Bertz CT molecular complexity index is 670. The van der Waals surface area contributed by atoms with Crippen molar-refractivity contribution in [1.82, 2.24) is 0 Å². The summed E-state index contributed by atoms with van der Waals surface area (Å²) in [5.74, 6) is -0.357.